The van der Waals surface area contributed by atoms with Gasteiger partial charge in [0, 0.05) is 0 Å². The van der Waals surface area contributed by atoms with Crippen LogP contribution in [0.1, 0.15) is 43.3 Å². The first-order chi connectivity index (χ1) is 16.1. The minimum absolute atomic E-state index is 0. The van der Waals surface area contributed by atoms with Gasteiger partial charge in [0.25, 0.3) is 0 Å². The number of nitrogens with one attached hydrogen (secondary N) is 1. The Morgan fingerprint density at radius 1 is 0.912 bits per heavy atom. The quantitative estimate of drug-likeness (QED) is 0.466. The Labute approximate surface area is 203 Å². The van der Waals surface area contributed by atoms with E-state index in [1.807, 2.05) is 41.0 Å². The van der Waals surface area contributed by atoms with E-state index in [0.29, 0.717) is 24.7 Å². The molecule has 1 fully saturated rings. The molecule has 34 heavy (non-hydrogen) atoms. The van der Waals surface area contributed by atoms with Crippen molar-refractivity contribution in [3.63, 3.8) is 0 Å². The van der Waals surface area contributed by atoms with Gasteiger partial charge in [-0.2, -0.15) is 0 Å². The summed E-state index contributed by atoms with van der Waals surface area (Å²) in [5.74, 6) is 0.591. The predicted molar refractivity (Wildman–Crippen MR) is 125 cm³/mol. The summed E-state index contributed by atoms with van der Waals surface area (Å²) in [7, 11) is 0. The van der Waals surface area contributed by atoms with Gasteiger partial charge in [-0.05, 0) is 42.5 Å². The van der Waals surface area contributed by atoms with Gasteiger partial charge in [-0.3, -0.25) is 10.3 Å². The maximum Gasteiger partial charge on any atom is 0.352 e. The molecule has 6 rings (SSSR count). The van der Waals surface area contributed by atoms with Gasteiger partial charge in [-0.15, -0.1) is 0 Å². The number of halogens is 1. The Balaban J connectivity index is 0.00000241. The van der Waals surface area contributed by atoms with Crippen molar-refractivity contribution >= 4 is 5.96 Å². The van der Waals surface area contributed by atoms with Crippen LogP contribution in [0.3, 0.4) is 0 Å². The Bertz CT molecular complexity index is 1400. The monoisotopic (exact) mass is 478 g/mol. The number of allylic oxidation sites excluding steroid dienone is 1. The third kappa shape index (κ3) is 3.40. The van der Waals surface area contributed by atoms with Gasteiger partial charge >= 0.3 is 17.3 Å². The normalized spacial score (nSPS) is 21.2. The maximum absolute atomic E-state index is 13.7. The molecule has 9 heteroatoms. The smallest absolute Gasteiger partial charge is 0.352 e. The van der Waals surface area contributed by atoms with Crippen LogP contribution in [-0.2, 0) is 6.54 Å². The van der Waals surface area contributed by atoms with E-state index in [9.17, 15) is 9.59 Å². The zero-order valence-electron chi connectivity index (χ0n) is 18.7. The van der Waals surface area contributed by atoms with Crippen molar-refractivity contribution < 1.29 is 17.0 Å². The van der Waals surface area contributed by atoms with Gasteiger partial charge in [0.05, 0.1) is 24.8 Å². The predicted octanol–water partition coefficient (Wildman–Crippen LogP) is -1.14. The summed E-state index contributed by atoms with van der Waals surface area (Å²) in [6, 6.07) is 18.9. The average molecular weight is 479 g/mol. The van der Waals surface area contributed by atoms with Gasteiger partial charge in [0.1, 0.15) is 11.7 Å². The molecule has 2 atom stereocenters. The van der Waals surface area contributed by atoms with E-state index in [1.165, 1.54) is 10.1 Å². The fraction of sp³-hybridized carbons (Fsp3) is 0.320. The Kier molecular flexibility index (Phi) is 5.69. The number of hydrogen-bond donors (Lipinski definition) is 2. The summed E-state index contributed by atoms with van der Waals surface area (Å²) in [6.07, 6.45) is 3.87. The highest BCUT2D eigenvalue weighted by molar-refractivity contribution is 5.76. The van der Waals surface area contributed by atoms with Crippen molar-refractivity contribution in [2.75, 3.05) is 6.54 Å². The molecule has 1 aromatic heterocycles. The number of benzene rings is 2. The Hall–Kier alpha value is -3.52. The first-order valence-electron chi connectivity index (χ1n) is 11.6. The first kappa shape index (κ1) is 22.3. The molecular formula is C25H27ClN6O2. The second-order valence-electron chi connectivity index (χ2n) is 9.02. The molecule has 2 aromatic carbocycles. The van der Waals surface area contributed by atoms with Crippen LogP contribution in [0.2, 0.25) is 0 Å². The zero-order valence-corrected chi connectivity index (χ0v) is 19.5. The van der Waals surface area contributed by atoms with E-state index < -0.39 is 0 Å². The lowest BCUT2D eigenvalue weighted by Crippen LogP contribution is -3.00. The fourth-order valence-corrected chi connectivity index (χ4v) is 5.56. The van der Waals surface area contributed by atoms with Crippen LogP contribution >= 0.6 is 0 Å². The molecule has 3 aromatic rings. The zero-order chi connectivity index (χ0) is 22.5. The summed E-state index contributed by atoms with van der Waals surface area (Å²) < 4.78 is 6.73. The van der Waals surface area contributed by atoms with E-state index in [-0.39, 0.29) is 35.9 Å². The first-order valence-corrected chi connectivity index (χ1v) is 11.6. The SMILES string of the molecule is NC1=[N+](Cc2ccccc2)C[C@H]2C(=C3CCCC[C@H]3n3c(=O)n(-c4ccccc4)c(=O)n32)N1.[Cl-]. The van der Waals surface area contributed by atoms with Gasteiger partial charge in [0.15, 0.2) is 0 Å². The number of fused-ring (bicyclic) bond motifs is 5. The highest BCUT2D eigenvalue weighted by Crippen LogP contribution is 2.41. The average Bonchev–Trinajstić information content (AvgIpc) is 3.11. The lowest BCUT2D eigenvalue weighted by molar-refractivity contribution is -0.554. The molecule has 0 spiro atoms. The van der Waals surface area contributed by atoms with E-state index in [1.54, 1.807) is 21.5 Å². The number of nitrogens with two attached hydrogens (primary N) is 1. The number of hydrogen-bond acceptors (Lipinski definition) is 4. The highest BCUT2D eigenvalue weighted by atomic mass is 35.5. The molecule has 1 saturated carbocycles. The number of aromatic nitrogens is 3. The minimum atomic E-state index is -0.305. The number of nitrogens with zero attached hydrogens (tertiary/aromatic N) is 4. The van der Waals surface area contributed by atoms with Gasteiger partial charge in [-0.1, -0.05) is 55.0 Å². The van der Waals surface area contributed by atoms with Crippen LogP contribution in [0.5, 0.6) is 0 Å². The molecule has 0 saturated heterocycles. The topological polar surface area (TPSA) is 90.0 Å². The van der Waals surface area contributed by atoms with E-state index in [4.69, 9.17) is 5.73 Å². The summed E-state index contributed by atoms with van der Waals surface area (Å²) in [5.41, 5.74) is 9.83. The highest BCUT2D eigenvalue weighted by Gasteiger charge is 2.44. The molecule has 8 nitrogen and oxygen atoms in total. The van der Waals surface area contributed by atoms with E-state index >= 15 is 0 Å². The van der Waals surface area contributed by atoms with E-state index in [0.717, 1.165) is 36.9 Å². The number of rotatable bonds is 3. The summed E-state index contributed by atoms with van der Waals surface area (Å²) in [4.78, 5) is 27.3. The van der Waals surface area contributed by atoms with Crippen LogP contribution in [0.4, 0.5) is 0 Å². The summed E-state index contributed by atoms with van der Waals surface area (Å²) in [5, 5.41) is 3.44. The molecule has 3 N–H and O–H groups in total. The molecule has 3 heterocycles. The van der Waals surface area contributed by atoms with Crippen LogP contribution in [0, 0.1) is 0 Å². The van der Waals surface area contributed by atoms with Gasteiger partial charge in [-0.25, -0.2) is 28.8 Å². The fourth-order valence-electron chi connectivity index (χ4n) is 5.56. The molecule has 0 amide bonds. The summed E-state index contributed by atoms with van der Waals surface area (Å²) >= 11 is 0. The third-order valence-electron chi connectivity index (χ3n) is 7.08. The standard InChI is InChI=1S/C25H26N6O2.ClH/c26-23-27-22-19-13-7-8-14-20(19)30-24(32)29(18-11-5-2-6-12-18)25(33)31(30)21(22)16-28(23)15-17-9-3-1-4-10-17;/h1-6,9-12,20-21H,7-8,13-16H2,(H2,26,27);1H/t20-,21+;/m1./s1. The Morgan fingerprint density at radius 2 is 1.56 bits per heavy atom. The van der Waals surface area contributed by atoms with Crippen molar-refractivity contribution in [2.45, 2.75) is 44.3 Å². The van der Waals surface area contributed by atoms with Crippen LogP contribution in [0.25, 0.3) is 5.69 Å². The second-order valence-corrected chi connectivity index (χ2v) is 9.02. The van der Waals surface area contributed by atoms with Crippen molar-refractivity contribution in [1.29, 1.82) is 0 Å². The van der Waals surface area contributed by atoms with Crippen molar-refractivity contribution in [1.82, 2.24) is 19.2 Å². The molecule has 176 valence electrons. The van der Waals surface area contributed by atoms with Crippen LogP contribution in [-0.4, -0.2) is 31.0 Å². The molecule has 0 bridgehead atoms. The molecular weight excluding hydrogens is 452 g/mol. The number of para-hydroxylation sites is 1. The molecule has 2 aliphatic heterocycles. The summed E-state index contributed by atoms with van der Waals surface area (Å²) in [6.45, 7) is 1.15. The van der Waals surface area contributed by atoms with Crippen molar-refractivity contribution in [3.05, 3.63) is 98.5 Å². The molecule has 1 aliphatic carbocycles. The van der Waals surface area contributed by atoms with Crippen molar-refractivity contribution in [3.8, 4) is 5.69 Å². The molecule has 0 unspecified atom stereocenters. The Morgan fingerprint density at radius 3 is 2.26 bits per heavy atom. The van der Waals surface area contributed by atoms with Crippen LogP contribution in [0.15, 0.2) is 81.5 Å². The maximum atomic E-state index is 13.7. The molecule has 3 aliphatic rings. The van der Waals surface area contributed by atoms with Crippen LogP contribution < -0.4 is 34.8 Å². The molecule has 0 radical (unpaired) electrons. The second kappa shape index (κ2) is 8.68. The lowest BCUT2D eigenvalue weighted by Gasteiger charge is -2.39. The largest absolute Gasteiger partial charge is 1.00 e. The third-order valence-corrected chi connectivity index (χ3v) is 7.08. The lowest BCUT2D eigenvalue weighted by atomic mass is 9.85. The van der Waals surface area contributed by atoms with E-state index in [2.05, 4.69) is 17.4 Å². The van der Waals surface area contributed by atoms with Gasteiger partial charge in [0.2, 0.25) is 0 Å². The number of guanidine groups is 1. The van der Waals surface area contributed by atoms with Crippen molar-refractivity contribution in [2.24, 2.45) is 5.73 Å². The minimum Gasteiger partial charge on any atom is -1.00 e. The van der Waals surface area contributed by atoms with Gasteiger partial charge < -0.3 is 12.4 Å².